The van der Waals surface area contributed by atoms with Crippen LogP contribution in [0.15, 0.2) is 66.9 Å². The molecule has 1 heterocycles. The van der Waals surface area contributed by atoms with Gasteiger partial charge in [-0.2, -0.15) is 0 Å². The maximum Gasteiger partial charge on any atom is 0.209 e. The highest BCUT2D eigenvalue weighted by Crippen LogP contribution is 2.26. The first-order valence-corrected chi connectivity index (χ1v) is 14.3. The predicted molar refractivity (Wildman–Crippen MR) is 147 cm³/mol. The molecule has 36 heavy (non-hydrogen) atoms. The zero-order chi connectivity index (χ0) is 25.3. The molecule has 0 radical (unpaired) electrons. The van der Waals surface area contributed by atoms with Crippen molar-refractivity contribution in [1.29, 1.82) is 0 Å². The number of aryl methyl sites for hydroxylation is 1. The molecule has 0 saturated carbocycles. The van der Waals surface area contributed by atoms with Crippen LogP contribution in [0.2, 0.25) is 5.02 Å². The van der Waals surface area contributed by atoms with E-state index in [1.165, 1.54) is 17.0 Å². The molecule has 0 saturated heterocycles. The fourth-order valence-corrected chi connectivity index (χ4v) is 6.02. The van der Waals surface area contributed by atoms with Crippen LogP contribution in [0.4, 0.5) is 0 Å². The quantitative estimate of drug-likeness (QED) is 0.518. The van der Waals surface area contributed by atoms with Crippen LogP contribution < -0.4 is 19.9 Å². The Morgan fingerprint density at radius 2 is 1.89 bits per heavy atom. The van der Waals surface area contributed by atoms with E-state index >= 15 is 0 Å². The molecule has 3 aromatic carbocycles. The summed E-state index contributed by atoms with van der Waals surface area (Å²) in [4.78, 5) is 0. The van der Waals surface area contributed by atoms with Gasteiger partial charge in [-0.25, -0.2) is 13.1 Å². The van der Waals surface area contributed by atoms with Gasteiger partial charge in [0.15, 0.2) is 0 Å². The van der Waals surface area contributed by atoms with Gasteiger partial charge < -0.3 is 4.74 Å². The third-order valence-electron chi connectivity index (χ3n) is 6.52. The monoisotopic (exact) mass is 517 g/mol. The number of para-hydroxylation sites is 1. The summed E-state index contributed by atoms with van der Waals surface area (Å²) in [6.07, 6.45) is 16.1. The number of benzene rings is 3. The Hall–Kier alpha value is -3.12. The van der Waals surface area contributed by atoms with E-state index < -0.39 is 10.0 Å². The van der Waals surface area contributed by atoms with Gasteiger partial charge in [0.2, 0.25) is 10.0 Å². The second-order valence-electron chi connectivity index (χ2n) is 9.28. The molecular formula is C30H28ClNO3S. The third-order valence-corrected chi connectivity index (χ3v) is 7.51. The summed E-state index contributed by atoms with van der Waals surface area (Å²) in [5.74, 6) is 0.914. The molecule has 0 bridgehead atoms. The number of allylic oxidation sites excluding steroid dienone is 2. The molecule has 2 aliphatic carbocycles. The van der Waals surface area contributed by atoms with Crippen LogP contribution in [0.25, 0.3) is 18.2 Å². The van der Waals surface area contributed by atoms with Gasteiger partial charge in [-0.15, -0.1) is 0 Å². The van der Waals surface area contributed by atoms with Crippen LogP contribution in [0.1, 0.15) is 41.1 Å². The molecule has 4 nitrogen and oxygen atoms in total. The predicted octanol–water partition coefficient (Wildman–Crippen LogP) is 5.04. The van der Waals surface area contributed by atoms with Crippen molar-refractivity contribution in [2.75, 3.05) is 6.26 Å². The first-order valence-electron chi connectivity index (χ1n) is 12.0. The summed E-state index contributed by atoms with van der Waals surface area (Å²) in [5, 5.41) is 4.95. The van der Waals surface area contributed by atoms with E-state index in [9.17, 15) is 8.42 Å². The number of halogens is 1. The van der Waals surface area contributed by atoms with Crippen molar-refractivity contribution in [2.45, 2.75) is 32.2 Å². The van der Waals surface area contributed by atoms with Gasteiger partial charge in [-0.1, -0.05) is 72.3 Å². The maximum absolute atomic E-state index is 12.0. The van der Waals surface area contributed by atoms with E-state index in [4.69, 9.17) is 16.3 Å². The summed E-state index contributed by atoms with van der Waals surface area (Å²) >= 11 is 6.48. The minimum atomic E-state index is -3.35. The summed E-state index contributed by atoms with van der Waals surface area (Å²) < 4.78 is 32.0. The van der Waals surface area contributed by atoms with Crippen molar-refractivity contribution in [3.8, 4) is 5.75 Å². The lowest BCUT2D eigenvalue weighted by Gasteiger charge is -2.24. The zero-order valence-electron chi connectivity index (χ0n) is 20.3. The van der Waals surface area contributed by atoms with E-state index in [0.717, 1.165) is 57.4 Å². The summed E-state index contributed by atoms with van der Waals surface area (Å²) in [6, 6.07) is 15.9. The Labute approximate surface area is 216 Å². The van der Waals surface area contributed by atoms with Crippen LogP contribution in [0, 0.1) is 17.4 Å². The van der Waals surface area contributed by atoms with Gasteiger partial charge in [0.1, 0.15) is 5.75 Å². The minimum absolute atomic E-state index is 0.390. The first-order chi connectivity index (χ1) is 17.3. The smallest absolute Gasteiger partial charge is 0.209 e. The lowest BCUT2D eigenvalue weighted by Crippen LogP contribution is -2.32. The molecule has 1 aliphatic heterocycles. The Kier molecular flexibility index (Phi) is 6.89. The van der Waals surface area contributed by atoms with Crippen LogP contribution >= 0.6 is 11.6 Å². The summed E-state index contributed by atoms with van der Waals surface area (Å²) in [7, 11) is -3.35. The highest BCUT2D eigenvalue weighted by Gasteiger charge is 2.23. The van der Waals surface area contributed by atoms with E-state index in [-0.39, 0.29) is 6.04 Å². The molecule has 3 aromatic rings. The molecule has 1 N–H and O–H groups in total. The third kappa shape index (κ3) is 5.19. The van der Waals surface area contributed by atoms with Crippen LogP contribution in [0.5, 0.6) is 5.75 Å². The fourth-order valence-electron chi connectivity index (χ4n) is 5.04. The van der Waals surface area contributed by atoms with Crippen LogP contribution in [-0.2, 0) is 16.4 Å². The van der Waals surface area contributed by atoms with E-state index in [1.54, 1.807) is 6.26 Å². The maximum atomic E-state index is 12.0. The molecule has 0 spiro atoms. The molecule has 1 atom stereocenters. The van der Waals surface area contributed by atoms with Crippen LogP contribution in [0.3, 0.4) is 0 Å². The highest BCUT2D eigenvalue weighted by atomic mass is 35.5. The number of nitrogens with one attached hydrogen (secondary N) is 1. The van der Waals surface area contributed by atoms with Crippen LogP contribution in [-0.4, -0.2) is 14.7 Å². The lowest BCUT2D eigenvalue weighted by molar-refractivity contribution is 0.481. The van der Waals surface area contributed by atoms with E-state index in [1.807, 2.05) is 61.6 Å². The number of hydrogen-bond donors (Lipinski definition) is 1. The molecule has 3 aliphatic rings. The molecular weight excluding hydrogens is 490 g/mol. The summed E-state index contributed by atoms with van der Waals surface area (Å²) in [5.41, 5.74) is 4.55. The van der Waals surface area contributed by atoms with Gasteiger partial charge in [0, 0.05) is 10.6 Å². The van der Waals surface area contributed by atoms with Gasteiger partial charge in [0.05, 0.1) is 18.6 Å². The second-order valence-corrected chi connectivity index (χ2v) is 11.5. The van der Waals surface area contributed by atoms with Gasteiger partial charge >= 0.3 is 0 Å². The van der Waals surface area contributed by atoms with Gasteiger partial charge in [0.25, 0.3) is 0 Å². The molecule has 0 fully saturated rings. The van der Waals surface area contributed by atoms with Crippen molar-refractivity contribution < 1.29 is 13.2 Å². The van der Waals surface area contributed by atoms with Crippen molar-refractivity contribution in [2.24, 2.45) is 0 Å². The Morgan fingerprint density at radius 3 is 2.72 bits per heavy atom. The molecule has 184 valence electrons. The number of rotatable bonds is 2. The Balaban J connectivity index is 0.000000202. The standard InChI is InChI=1S/C20H20ClNO2S.C10H8O/c1-12-9-16-15-8-7-13-5-3-4-6-14(13)20(15)19(22-25(2,23)24)11-17(16)18(21)10-12;1-2-7-10-9(5-1)6-3-4-8-11-10/h5,7-11,19,22H,3-4,6H2,1-2H3;1-8H. The Bertz CT molecular complexity index is 1720. The van der Waals surface area contributed by atoms with E-state index in [2.05, 4.69) is 29.0 Å². The zero-order valence-corrected chi connectivity index (χ0v) is 21.9. The molecule has 0 aromatic heterocycles. The van der Waals surface area contributed by atoms with Gasteiger partial charge in [-0.05, 0) is 82.0 Å². The largest absolute Gasteiger partial charge is 0.464 e. The van der Waals surface area contributed by atoms with E-state index in [0.29, 0.717) is 5.02 Å². The minimum Gasteiger partial charge on any atom is -0.464 e. The highest BCUT2D eigenvalue weighted by molar-refractivity contribution is 7.88. The number of fused-ring (bicyclic) bond motifs is 5. The average Bonchev–Trinajstić information content (AvgIpc) is 3.09. The van der Waals surface area contributed by atoms with Crippen molar-refractivity contribution in [3.05, 3.63) is 115 Å². The Morgan fingerprint density at radius 1 is 1.06 bits per heavy atom. The topological polar surface area (TPSA) is 55.4 Å². The first kappa shape index (κ1) is 24.6. The number of sulfonamides is 1. The average molecular weight is 518 g/mol. The van der Waals surface area contributed by atoms with Crippen molar-refractivity contribution >= 4 is 39.9 Å². The number of hydrogen-bond acceptors (Lipinski definition) is 3. The van der Waals surface area contributed by atoms with Crippen molar-refractivity contribution in [3.63, 3.8) is 0 Å². The number of ether oxygens (including phenoxy) is 1. The SMILES string of the molecule is C1=COc2ccccc2C=C1.Cc1cc(Cl)c2c(c1)=c1ccc3c(c1C(NS(C)(=O)=O)C=2)CCCC=3. The lowest BCUT2D eigenvalue weighted by atomic mass is 9.86. The molecule has 0 amide bonds. The van der Waals surface area contributed by atoms with Gasteiger partial charge in [-0.3, -0.25) is 0 Å². The normalized spacial score (nSPS) is 16.9. The fraction of sp³-hybridized carbons (Fsp3) is 0.200. The van der Waals surface area contributed by atoms with Crippen molar-refractivity contribution in [1.82, 2.24) is 4.72 Å². The molecule has 1 unspecified atom stereocenters. The summed E-state index contributed by atoms with van der Waals surface area (Å²) in [6.45, 7) is 2.03. The molecule has 6 rings (SSSR count). The second kappa shape index (κ2) is 10.1. The molecule has 6 heteroatoms.